The highest BCUT2D eigenvalue weighted by atomic mass is 16.7. The number of carbonyl (C=O) groups is 1. The Morgan fingerprint density at radius 1 is 1.18 bits per heavy atom. The van der Waals surface area contributed by atoms with E-state index < -0.39 is 0 Å². The van der Waals surface area contributed by atoms with E-state index in [4.69, 9.17) is 23.5 Å². The van der Waals surface area contributed by atoms with Crippen LogP contribution in [0.4, 0.5) is 5.82 Å². The SMILES string of the molecule is CCOC(=O)CC(Cc1cc(OCCc2cccc(NC)n2)no1)c1ccc2c(c1)OCO2. The molecule has 0 amide bonds. The first-order chi connectivity index (χ1) is 16.1. The molecule has 0 aliphatic carbocycles. The maximum atomic E-state index is 12.2. The van der Waals surface area contributed by atoms with Crippen molar-refractivity contribution < 1.29 is 28.3 Å². The van der Waals surface area contributed by atoms with Crippen molar-refractivity contribution in [2.45, 2.75) is 32.1 Å². The molecule has 9 nitrogen and oxygen atoms in total. The second-order valence-corrected chi connectivity index (χ2v) is 7.52. The molecule has 1 unspecified atom stereocenters. The van der Waals surface area contributed by atoms with Gasteiger partial charge in [0.15, 0.2) is 11.5 Å². The van der Waals surface area contributed by atoms with Crippen LogP contribution in [0.25, 0.3) is 0 Å². The number of fused-ring (bicyclic) bond motifs is 1. The smallest absolute Gasteiger partial charge is 0.306 e. The summed E-state index contributed by atoms with van der Waals surface area (Å²) < 4.78 is 27.3. The Balaban J connectivity index is 1.39. The summed E-state index contributed by atoms with van der Waals surface area (Å²) in [6, 6.07) is 13.2. The molecule has 3 aromatic rings. The minimum Gasteiger partial charge on any atom is -0.475 e. The summed E-state index contributed by atoms with van der Waals surface area (Å²) in [6.07, 6.45) is 1.30. The van der Waals surface area contributed by atoms with Crippen molar-refractivity contribution in [3.8, 4) is 17.4 Å². The monoisotopic (exact) mass is 453 g/mol. The number of esters is 1. The predicted octanol–water partition coefficient (Wildman–Crippen LogP) is 3.74. The van der Waals surface area contributed by atoms with Crippen LogP contribution in [0.3, 0.4) is 0 Å². The van der Waals surface area contributed by atoms with E-state index >= 15 is 0 Å². The highest BCUT2D eigenvalue weighted by Gasteiger charge is 2.23. The molecule has 0 saturated carbocycles. The fourth-order valence-corrected chi connectivity index (χ4v) is 3.62. The number of carbonyl (C=O) groups excluding carboxylic acids is 1. The third-order valence-electron chi connectivity index (χ3n) is 5.24. The first-order valence-electron chi connectivity index (χ1n) is 10.9. The van der Waals surface area contributed by atoms with Crippen LogP contribution in [0.5, 0.6) is 17.4 Å². The maximum Gasteiger partial charge on any atom is 0.306 e. The van der Waals surface area contributed by atoms with Gasteiger partial charge in [0.2, 0.25) is 6.79 Å². The Kier molecular flexibility index (Phi) is 7.29. The fraction of sp³-hybridized carbons (Fsp3) is 0.375. The van der Waals surface area contributed by atoms with Crippen LogP contribution < -0.4 is 19.5 Å². The lowest BCUT2D eigenvalue weighted by Crippen LogP contribution is -2.12. The molecule has 4 rings (SSSR count). The summed E-state index contributed by atoms with van der Waals surface area (Å²) in [5.74, 6) is 2.74. The topological polar surface area (TPSA) is 105 Å². The van der Waals surface area contributed by atoms with E-state index in [9.17, 15) is 4.79 Å². The lowest BCUT2D eigenvalue weighted by Gasteiger charge is -2.15. The zero-order valence-electron chi connectivity index (χ0n) is 18.7. The van der Waals surface area contributed by atoms with Crippen molar-refractivity contribution in [3.05, 3.63) is 59.5 Å². The second-order valence-electron chi connectivity index (χ2n) is 7.52. The van der Waals surface area contributed by atoms with Gasteiger partial charge < -0.3 is 28.8 Å². The molecular weight excluding hydrogens is 426 g/mol. The number of rotatable bonds is 11. The average Bonchev–Trinajstić information content (AvgIpc) is 3.48. The van der Waals surface area contributed by atoms with E-state index in [1.165, 1.54) is 0 Å². The van der Waals surface area contributed by atoms with E-state index in [1.54, 1.807) is 13.0 Å². The van der Waals surface area contributed by atoms with Crippen LogP contribution in [0.2, 0.25) is 0 Å². The molecule has 0 fully saturated rings. The molecule has 0 radical (unpaired) electrons. The maximum absolute atomic E-state index is 12.2. The summed E-state index contributed by atoms with van der Waals surface area (Å²) in [5, 5.41) is 7.03. The van der Waals surface area contributed by atoms with E-state index in [0.717, 1.165) is 17.1 Å². The van der Waals surface area contributed by atoms with Gasteiger partial charge >= 0.3 is 5.97 Å². The molecule has 1 aliphatic heterocycles. The Hall–Kier alpha value is -3.75. The summed E-state index contributed by atoms with van der Waals surface area (Å²) in [7, 11) is 1.83. The fourth-order valence-electron chi connectivity index (χ4n) is 3.62. The van der Waals surface area contributed by atoms with Crippen LogP contribution in [-0.2, 0) is 22.4 Å². The van der Waals surface area contributed by atoms with Crippen LogP contribution in [0.15, 0.2) is 47.0 Å². The molecule has 1 aliphatic rings. The van der Waals surface area contributed by atoms with Gasteiger partial charge in [0.1, 0.15) is 11.6 Å². The van der Waals surface area contributed by atoms with Crippen molar-refractivity contribution in [2.24, 2.45) is 0 Å². The number of anilines is 1. The number of ether oxygens (including phenoxy) is 4. The van der Waals surface area contributed by atoms with Crippen molar-refractivity contribution in [3.63, 3.8) is 0 Å². The minimum absolute atomic E-state index is 0.173. The van der Waals surface area contributed by atoms with Gasteiger partial charge in [-0.25, -0.2) is 4.98 Å². The van der Waals surface area contributed by atoms with Gasteiger partial charge in [0, 0.05) is 37.6 Å². The molecule has 9 heteroatoms. The number of pyridine rings is 1. The number of hydrogen-bond donors (Lipinski definition) is 1. The van der Waals surface area contributed by atoms with Crippen LogP contribution in [0, 0.1) is 0 Å². The van der Waals surface area contributed by atoms with Crippen molar-refractivity contribution in [2.75, 3.05) is 32.4 Å². The van der Waals surface area contributed by atoms with E-state index in [1.807, 2.05) is 43.4 Å². The highest BCUT2D eigenvalue weighted by molar-refractivity contribution is 5.70. The van der Waals surface area contributed by atoms with Gasteiger partial charge in [-0.05, 0) is 41.9 Å². The molecule has 174 valence electrons. The van der Waals surface area contributed by atoms with Gasteiger partial charge in [-0.15, -0.1) is 0 Å². The average molecular weight is 453 g/mol. The molecule has 0 bridgehead atoms. The molecule has 33 heavy (non-hydrogen) atoms. The third-order valence-corrected chi connectivity index (χ3v) is 5.24. The van der Waals surface area contributed by atoms with Gasteiger partial charge in [0.05, 0.1) is 19.6 Å². The van der Waals surface area contributed by atoms with Crippen molar-refractivity contribution >= 4 is 11.8 Å². The van der Waals surface area contributed by atoms with Crippen molar-refractivity contribution in [1.82, 2.24) is 10.1 Å². The second kappa shape index (κ2) is 10.7. The molecule has 1 N–H and O–H groups in total. The number of nitrogens with one attached hydrogen (secondary N) is 1. The van der Waals surface area contributed by atoms with E-state index in [-0.39, 0.29) is 25.1 Å². The van der Waals surface area contributed by atoms with Gasteiger partial charge in [-0.1, -0.05) is 12.1 Å². The minimum atomic E-state index is -0.271. The summed E-state index contributed by atoms with van der Waals surface area (Å²) in [6.45, 7) is 2.73. The standard InChI is InChI=1S/C24H27N3O6/c1-3-29-24(28)13-17(16-7-8-20-21(12-16)32-15-31-20)11-19-14-23(27-33-19)30-10-9-18-5-4-6-22(25-2)26-18/h4-8,12,14,17H,3,9-11,13,15H2,1-2H3,(H,25,26). The summed E-state index contributed by atoms with van der Waals surface area (Å²) in [4.78, 5) is 16.7. The largest absolute Gasteiger partial charge is 0.475 e. The lowest BCUT2D eigenvalue weighted by molar-refractivity contribution is -0.143. The number of benzene rings is 1. The number of nitrogens with zero attached hydrogens (tertiary/aromatic N) is 2. The quantitative estimate of drug-likeness (QED) is 0.435. The first-order valence-corrected chi connectivity index (χ1v) is 10.9. The Morgan fingerprint density at radius 3 is 2.91 bits per heavy atom. The van der Waals surface area contributed by atoms with E-state index in [0.29, 0.717) is 49.2 Å². The van der Waals surface area contributed by atoms with Crippen LogP contribution in [-0.4, -0.2) is 43.2 Å². The lowest BCUT2D eigenvalue weighted by atomic mass is 9.91. The predicted molar refractivity (Wildman–Crippen MR) is 120 cm³/mol. The number of aromatic nitrogens is 2. The van der Waals surface area contributed by atoms with Crippen LogP contribution >= 0.6 is 0 Å². The highest BCUT2D eigenvalue weighted by Crippen LogP contribution is 2.36. The first kappa shape index (κ1) is 22.4. The Labute approximate surface area is 192 Å². The molecule has 1 aromatic carbocycles. The van der Waals surface area contributed by atoms with Gasteiger partial charge in [-0.2, -0.15) is 0 Å². The third kappa shape index (κ3) is 5.94. The van der Waals surface area contributed by atoms with Gasteiger partial charge in [0.25, 0.3) is 5.88 Å². The normalized spacial score (nSPS) is 12.9. The Morgan fingerprint density at radius 2 is 2.06 bits per heavy atom. The molecule has 0 spiro atoms. The summed E-state index contributed by atoms with van der Waals surface area (Å²) in [5.41, 5.74) is 1.85. The molecule has 3 heterocycles. The van der Waals surface area contributed by atoms with Crippen molar-refractivity contribution in [1.29, 1.82) is 0 Å². The molecule has 0 saturated heterocycles. The Bertz CT molecular complexity index is 1080. The zero-order chi connectivity index (χ0) is 23.0. The summed E-state index contributed by atoms with van der Waals surface area (Å²) >= 11 is 0. The van der Waals surface area contributed by atoms with E-state index in [2.05, 4.69) is 15.5 Å². The molecule has 2 aromatic heterocycles. The van der Waals surface area contributed by atoms with Gasteiger partial charge in [-0.3, -0.25) is 4.79 Å². The van der Waals surface area contributed by atoms with Crippen LogP contribution in [0.1, 0.15) is 36.3 Å². The molecular formula is C24H27N3O6. The molecule has 1 atom stereocenters. The number of hydrogen-bond acceptors (Lipinski definition) is 9. The zero-order valence-corrected chi connectivity index (χ0v) is 18.7.